The van der Waals surface area contributed by atoms with Gasteiger partial charge >= 0.3 is 6.18 Å². The summed E-state index contributed by atoms with van der Waals surface area (Å²) >= 11 is 0. The molecule has 1 amide bonds. The van der Waals surface area contributed by atoms with E-state index in [0.29, 0.717) is 19.6 Å². The Morgan fingerprint density at radius 3 is 2.39 bits per heavy atom. The van der Waals surface area contributed by atoms with E-state index in [9.17, 15) is 23.1 Å². The van der Waals surface area contributed by atoms with Crippen molar-refractivity contribution in [3.8, 4) is 0 Å². The minimum Gasteiger partial charge on any atom is -0.389 e. The van der Waals surface area contributed by atoms with E-state index in [1.807, 2.05) is 11.8 Å². The number of alkyl halides is 3. The Morgan fingerprint density at radius 2 is 1.87 bits per heavy atom. The van der Waals surface area contributed by atoms with Crippen LogP contribution in [0.1, 0.15) is 32.8 Å². The Labute approximate surface area is 134 Å². The lowest BCUT2D eigenvalue weighted by molar-refractivity contribution is -0.137. The Kier molecular flexibility index (Phi) is 6.58. The molecule has 1 aromatic rings. The van der Waals surface area contributed by atoms with Crippen molar-refractivity contribution in [3.05, 3.63) is 29.8 Å². The van der Waals surface area contributed by atoms with Crippen LogP contribution in [0.3, 0.4) is 0 Å². The number of nitrogens with zero attached hydrogens (tertiary/aromatic N) is 1. The Balaban J connectivity index is 2.64. The topological polar surface area (TPSA) is 52.6 Å². The van der Waals surface area contributed by atoms with Gasteiger partial charge in [0.2, 0.25) is 5.91 Å². The van der Waals surface area contributed by atoms with Crippen LogP contribution in [0, 0.1) is 0 Å². The number of aliphatic hydroxyl groups is 1. The monoisotopic (exact) mass is 332 g/mol. The van der Waals surface area contributed by atoms with Crippen LogP contribution in [-0.4, -0.2) is 41.1 Å². The Hall–Kier alpha value is -1.60. The molecule has 0 bridgehead atoms. The molecular weight excluding hydrogens is 309 g/mol. The molecule has 0 saturated carbocycles. The van der Waals surface area contributed by atoms with E-state index in [4.69, 9.17) is 0 Å². The minimum absolute atomic E-state index is 0.0517. The van der Waals surface area contributed by atoms with Crippen LogP contribution in [0.2, 0.25) is 0 Å². The van der Waals surface area contributed by atoms with Gasteiger partial charge < -0.3 is 15.3 Å². The molecule has 0 atom stereocenters. The maximum Gasteiger partial charge on any atom is 0.418 e. The zero-order valence-corrected chi connectivity index (χ0v) is 13.6. The van der Waals surface area contributed by atoms with Crippen LogP contribution in [0.25, 0.3) is 0 Å². The molecule has 7 heteroatoms. The predicted molar refractivity (Wildman–Crippen MR) is 83.1 cm³/mol. The highest BCUT2D eigenvalue weighted by atomic mass is 19.4. The summed E-state index contributed by atoms with van der Waals surface area (Å²) < 4.78 is 38.6. The van der Waals surface area contributed by atoms with E-state index < -0.39 is 23.2 Å². The maximum atomic E-state index is 12.9. The van der Waals surface area contributed by atoms with Gasteiger partial charge in [0.15, 0.2) is 0 Å². The molecule has 130 valence electrons. The molecule has 0 saturated heterocycles. The first kappa shape index (κ1) is 19.4. The van der Waals surface area contributed by atoms with Crippen molar-refractivity contribution in [2.24, 2.45) is 0 Å². The molecule has 0 aliphatic heterocycles. The summed E-state index contributed by atoms with van der Waals surface area (Å²) in [7, 11) is 0. The fourth-order valence-electron chi connectivity index (χ4n) is 2.21. The van der Waals surface area contributed by atoms with E-state index in [2.05, 4.69) is 5.32 Å². The number of carbonyl (C=O) groups excluding carboxylic acids is 1. The van der Waals surface area contributed by atoms with Gasteiger partial charge in [0.1, 0.15) is 0 Å². The fourth-order valence-corrected chi connectivity index (χ4v) is 2.21. The number of likely N-dealkylation sites (N-methyl/N-ethyl adjacent to an activating group) is 1. The molecule has 23 heavy (non-hydrogen) atoms. The summed E-state index contributed by atoms with van der Waals surface area (Å²) in [4.78, 5) is 13.8. The Morgan fingerprint density at radius 1 is 1.26 bits per heavy atom. The highest BCUT2D eigenvalue weighted by molar-refractivity contribution is 5.91. The molecule has 2 N–H and O–H groups in total. The summed E-state index contributed by atoms with van der Waals surface area (Å²) in [5.41, 5.74) is -2.00. The molecule has 0 aromatic heterocycles. The fraction of sp³-hybridized carbons (Fsp3) is 0.562. The van der Waals surface area contributed by atoms with Crippen molar-refractivity contribution in [1.82, 2.24) is 4.90 Å². The third kappa shape index (κ3) is 7.00. The average Bonchev–Trinajstić information content (AvgIpc) is 2.41. The molecular formula is C16H23F3N2O2. The summed E-state index contributed by atoms with van der Waals surface area (Å²) in [6.45, 7) is 6.60. The number of hydrogen-bond donors (Lipinski definition) is 2. The van der Waals surface area contributed by atoms with Gasteiger partial charge in [0.25, 0.3) is 0 Å². The molecule has 4 nitrogen and oxygen atoms in total. The zero-order chi connectivity index (χ0) is 17.7. The summed E-state index contributed by atoms with van der Waals surface area (Å²) in [5, 5.41) is 12.1. The first-order chi connectivity index (χ1) is 10.5. The lowest BCUT2D eigenvalue weighted by atomic mass is 10.1. The van der Waals surface area contributed by atoms with Crippen molar-refractivity contribution in [2.75, 3.05) is 25.0 Å². The molecule has 0 heterocycles. The number of hydrogen-bond acceptors (Lipinski definition) is 3. The number of anilines is 1. The molecule has 0 radical (unpaired) electrons. The van der Waals surface area contributed by atoms with Crippen LogP contribution in [0.5, 0.6) is 0 Å². The second kappa shape index (κ2) is 7.79. The van der Waals surface area contributed by atoms with Gasteiger partial charge in [0.05, 0.1) is 16.9 Å². The van der Waals surface area contributed by atoms with Crippen molar-refractivity contribution >= 4 is 11.6 Å². The standard InChI is InChI=1S/C16H23F3N2O2/c1-4-21(11-15(2,3)23)10-9-14(22)20-13-8-6-5-7-12(13)16(17,18)19/h5-8,23H,4,9-11H2,1-3H3,(H,20,22). The summed E-state index contributed by atoms with van der Waals surface area (Å²) in [6, 6.07) is 4.88. The third-order valence-corrected chi connectivity index (χ3v) is 3.22. The van der Waals surface area contributed by atoms with Gasteiger partial charge in [-0.3, -0.25) is 4.79 Å². The molecule has 1 aromatic carbocycles. The number of para-hydroxylation sites is 1. The smallest absolute Gasteiger partial charge is 0.389 e. The van der Waals surface area contributed by atoms with Gasteiger partial charge in [-0.15, -0.1) is 0 Å². The number of halogens is 3. The Bertz CT molecular complexity index is 525. The quantitative estimate of drug-likeness (QED) is 0.807. The van der Waals surface area contributed by atoms with Gasteiger partial charge in [-0.1, -0.05) is 19.1 Å². The molecule has 0 aliphatic rings. The normalized spacial score (nSPS) is 12.5. The number of amides is 1. The zero-order valence-electron chi connectivity index (χ0n) is 13.6. The van der Waals surface area contributed by atoms with Crippen LogP contribution < -0.4 is 5.32 Å². The second-order valence-corrected chi connectivity index (χ2v) is 6.02. The minimum atomic E-state index is -4.51. The number of nitrogens with one attached hydrogen (secondary N) is 1. The molecule has 0 fully saturated rings. The first-order valence-corrected chi connectivity index (χ1v) is 7.43. The summed E-state index contributed by atoms with van der Waals surface area (Å²) in [5.74, 6) is -0.490. The van der Waals surface area contributed by atoms with Gasteiger partial charge in [-0.05, 0) is 32.5 Å². The van der Waals surface area contributed by atoms with Gasteiger partial charge in [-0.2, -0.15) is 13.2 Å². The number of benzene rings is 1. The van der Waals surface area contributed by atoms with Crippen molar-refractivity contribution in [3.63, 3.8) is 0 Å². The van der Waals surface area contributed by atoms with Crippen LogP contribution in [0.4, 0.5) is 18.9 Å². The molecule has 0 aliphatic carbocycles. The molecule has 1 rings (SSSR count). The van der Waals surface area contributed by atoms with Crippen molar-refractivity contribution in [2.45, 2.75) is 39.0 Å². The van der Waals surface area contributed by atoms with Crippen molar-refractivity contribution in [1.29, 1.82) is 0 Å². The SMILES string of the molecule is CCN(CCC(=O)Nc1ccccc1C(F)(F)F)CC(C)(C)O. The maximum absolute atomic E-state index is 12.9. The highest BCUT2D eigenvalue weighted by Gasteiger charge is 2.33. The average molecular weight is 332 g/mol. The van der Waals surface area contributed by atoms with E-state index in [-0.39, 0.29) is 12.1 Å². The lowest BCUT2D eigenvalue weighted by Crippen LogP contribution is -2.39. The highest BCUT2D eigenvalue weighted by Crippen LogP contribution is 2.34. The molecule has 0 spiro atoms. The van der Waals surface area contributed by atoms with Crippen LogP contribution >= 0.6 is 0 Å². The summed E-state index contributed by atoms with van der Waals surface area (Å²) in [6.07, 6.45) is -4.46. The van der Waals surface area contributed by atoms with Crippen LogP contribution in [-0.2, 0) is 11.0 Å². The van der Waals surface area contributed by atoms with E-state index in [1.54, 1.807) is 13.8 Å². The molecule has 0 unspecified atom stereocenters. The van der Waals surface area contributed by atoms with Gasteiger partial charge in [0, 0.05) is 19.5 Å². The first-order valence-electron chi connectivity index (χ1n) is 7.43. The van der Waals surface area contributed by atoms with Crippen molar-refractivity contribution < 1.29 is 23.1 Å². The van der Waals surface area contributed by atoms with Gasteiger partial charge in [-0.25, -0.2) is 0 Å². The number of rotatable bonds is 7. The second-order valence-electron chi connectivity index (χ2n) is 6.02. The van der Waals surface area contributed by atoms with E-state index in [1.165, 1.54) is 18.2 Å². The largest absolute Gasteiger partial charge is 0.418 e. The lowest BCUT2D eigenvalue weighted by Gasteiger charge is -2.27. The number of carbonyl (C=O) groups is 1. The third-order valence-electron chi connectivity index (χ3n) is 3.22. The predicted octanol–water partition coefficient (Wildman–Crippen LogP) is 3.13. The van der Waals surface area contributed by atoms with E-state index >= 15 is 0 Å². The van der Waals surface area contributed by atoms with E-state index in [0.717, 1.165) is 6.07 Å². The van der Waals surface area contributed by atoms with Crippen LogP contribution in [0.15, 0.2) is 24.3 Å².